The Morgan fingerprint density at radius 2 is 2.00 bits per heavy atom. The summed E-state index contributed by atoms with van der Waals surface area (Å²) in [5, 5.41) is 1.00. The number of rotatable bonds is 3. The summed E-state index contributed by atoms with van der Waals surface area (Å²) in [7, 11) is 1.81. The second kappa shape index (κ2) is 4.90. The number of benzene rings is 1. The molecule has 0 unspecified atom stereocenters. The van der Waals surface area contributed by atoms with E-state index >= 15 is 0 Å². The monoisotopic (exact) mass is 268 g/mol. The fourth-order valence-corrected chi connectivity index (χ4v) is 2.04. The van der Waals surface area contributed by atoms with Crippen LogP contribution < -0.4 is 0 Å². The lowest BCUT2D eigenvalue weighted by Gasteiger charge is -2.04. The lowest BCUT2D eigenvalue weighted by molar-refractivity contribution is 0.0988. The molecule has 0 aliphatic rings. The van der Waals surface area contributed by atoms with Gasteiger partial charge in [-0.15, -0.1) is 0 Å². The number of hydrogen-bond acceptors (Lipinski definition) is 2. The van der Waals surface area contributed by atoms with Gasteiger partial charge in [-0.2, -0.15) is 0 Å². The van der Waals surface area contributed by atoms with Gasteiger partial charge in [-0.25, -0.2) is 4.98 Å². The first-order valence-electron chi connectivity index (χ1n) is 5.02. The van der Waals surface area contributed by atoms with E-state index in [0.29, 0.717) is 21.3 Å². The van der Waals surface area contributed by atoms with Crippen LogP contribution in [0.3, 0.4) is 0 Å². The number of imidazole rings is 1. The zero-order chi connectivity index (χ0) is 12.4. The van der Waals surface area contributed by atoms with Crippen molar-refractivity contribution in [1.29, 1.82) is 0 Å². The Hall–Kier alpha value is -1.32. The molecular weight excluding hydrogens is 259 g/mol. The largest absolute Gasteiger partial charge is 0.340 e. The highest BCUT2D eigenvalue weighted by Gasteiger charge is 2.14. The number of carbonyl (C=O) groups is 1. The molecule has 0 radical (unpaired) electrons. The second-order valence-electron chi connectivity index (χ2n) is 3.72. The van der Waals surface area contributed by atoms with Crippen molar-refractivity contribution in [3.05, 3.63) is 52.0 Å². The molecule has 1 aromatic heterocycles. The van der Waals surface area contributed by atoms with Crippen molar-refractivity contribution < 1.29 is 4.79 Å². The van der Waals surface area contributed by atoms with Crippen LogP contribution in [0.4, 0.5) is 0 Å². The van der Waals surface area contributed by atoms with Gasteiger partial charge in [-0.1, -0.05) is 29.3 Å². The molecule has 0 amide bonds. The van der Waals surface area contributed by atoms with Gasteiger partial charge in [0.2, 0.25) is 0 Å². The van der Waals surface area contributed by atoms with E-state index in [0.717, 1.165) is 0 Å². The smallest absolute Gasteiger partial charge is 0.187 e. The van der Waals surface area contributed by atoms with Gasteiger partial charge in [0.05, 0.1) is 6.33 Å². The van der Waals surface area contributed by atoms with Gasteiger partial charge >= 0.3 is 0 Å². The quantitative estimate of drug-likeness (QED) is 0.802. The highest BCUT2D eigenvalue weighted by Crippen LogP contribution is 2.25. The van der Waals surface area contributed by atoms with Crippen molar-refractivity contribution in [1.82, 2.24) is 9.55 Å². The van der Waals surface area contributed by atoms with Crippen molar-refractivity contribution >= 4 is 29.0 Å². The molecule has 17 heavy (non-hydrogen) atoms. The summed E-state index contributed by atoms with van der Waals surface area (Å²) < 4.78 is 1.72. The van der Waals surface area contributed by atoms with Gasteiger partial charge in [-0.05, 0) is 17.7 Å². The van der Waals surface area contributed by atoms with Gasteiger partial charge in [0.25, 0.3) is 0 Å². The molecular formula is C12H10Cl2N2O. The summed E-state index contributed by atoms with van der Waals surface area (Å²) in [6.07, 6.45) is 3.42. The minimum Gasteiger partial charge on any atom is -0.340 e. The van der Waals surface area contributed by atoms with Crippen molar-refractivity contribution in [3.63, 3.8) is 0 Å². The zero-order valence-electron chi connectivity index (χ0n) is 9.15. The first kappa shape index (κ1) is 12.1. The van der Waals surface area contributed by atoms with E-state index in [-0.39, 0.29) is 12.2 Å². The summed E-state index contributed by atoms with van der Waals surface area (Å²) in [4.78, 5) is 15.9. The number of halogens is 2. The fraction of sp³-hybridized carbons (Fsp3) is 0.167. The third-order valence-electron chi connectivity index (χ3n) is 2.39. The molecule has 0 spiro atoms. The third kappa shape index (κ3) is 2.68. The predicted molar refractivity (Wildman–Crippen MR) is 67.7 cm³/mol. The molecule has 0 bridgehead atoms. The number of carbonyl (C=O) groups excluding carboxylic acids is 1. The number of aromatic nitrogens is 2. The van der Waals surface area contributed by atoms with Crippen molar-refractivity contribution in [2.24, 2.45) is 7.05 Å². The van der Waals surface area contributed by atoms with Gasteiger partial charge in [0.15, 0.2) is 5.78 Å². The Labute approximate surface area is 109 Å². The molecule has 0 fully saturated rings. The Balaban J connectivity index is 2.24. The van der Waals surface area contributed by atoms with Crippen LogP contribution in [0, 0.1) is 0 Å². The van der Waals surface area contributed by atoms with Crippen LogP contribution in [-0.4, -0.2) is 15.3 Å². The second-order valence-corrected chi connectivity index (χ2v) is 4.54. The molecule has 0 saturated carbocycles. The molecule has 3 nitrogen and oxygen atoms in total. The molecule has 0 aliphatic heterocycles. The van der Waals surface area contributed by atoms with E-state index in [9.17, 15) is 4.79 Å². The van der Waals surface area contributed by atoms with Crippen molar-refractivity contribution in [3.8, 4) is 0 Å². The van der Waals surface area contributed by atoms with Crippen LogP contribution >= 0.6 is 23.2 Å². The highest BCUT2D eigenvalue weighted by atomic mass is 35.5. The zero-order valence-corrected chi connectivity index (χ0v) is 10.7. The lowest BCUT2D eigenvalue weighted by Crippen LogP contribution is -2.05. The van der Waals surface area contributed by atoms with Crippen molar-refractivity contribution in [2.45, 2.75) is 6.42 Å². The maximum absolute atomic E-state index is 11.9. The van der Waals surface area contributed by atoms with Gasteiger partial charge in [-0.3, -0.25) is 4.79 Å². The van der Waals surface area contributed by atoms with Crippen LogP contribution in [-0.2, 0) is 13.5 Å². The predicted octanol–water partition coefficient (Wildman–Crippen LogP) is 3.15. The number of aryl methyl sites for hydroxylation is 1. The molecule has 0 N–H and O–H groups in total. The standard InChI is InChI=1S/C12H10Cl2N2O/c1-16-6-11(15-7-16)12(17)5-8-9(13)3-2-4-10(8)14/h2-4,6-7H,5H2,1H3. The Morgan fingerprint density at radius 3 is 2.53 bits per heavy atom. The maximum atomic E-state index is 11.9. The van der Waals surface area contributed by atoms with E-state index in [1.54, 1.807) is 35.3 Å². The molecule has 88 valence electrons. The minimum atomic E-state index is -0.0967. The topological polar surface area (TPSA) is 34.9 Å². The summed E-state index contributed by atoms with van der Waals surface area (Å²) in [5.74, 6) is -0.0967. The van der Waals surface area contributed by atoms with Crippen LogP contribution in [0.5, 0.6) is 0 Å². The van der Waals surface area contributed by atoms with Gasteiger partial charge < -0.3 is 4.57 Å². The van der Waals surface area contributed by atoms with E-state index < -0.39 is 0 Å². The summed E-state index contributed by atoms with van der Waals surface area (Å²) in [6, 6.07) is 5.18. The Bertz CT molecular complexity index is 543. The number of Topliss-reactive ketones (excluding diaryl/α,β-unsaturated/α-hetero) is 1. The molecule has 0 saturated heterocycles. The molecule has 0 atom stereocenters. The van der Waals surface area contributed by atoms with Crippen molar-refractivity contribution in [2.75, 3.05) is 0 Å². The van der Waals surface area contributed by atoms with E-state index in [1.807, 2.05) is 7.05 Å². The van der Waals surface area contributed by atoms with Crippen LogP contribution in [0.2, 0.25) is 10.0 Å². The van der Waals surface area contributed by atoms with Gasteiger partial charge in [0, 0.05) is 29.7 Å². The maximum Gasteiger partial charge on any atom is 0.187 e. The first-order chi connectivity index (χ1) is 8.08. The number of ketones is 1. The SMILES string of the molecule is Cn1cnc(C(=O)Cc2c(Cl)cccc2Cl)c1. The van der Waals surface area contributed by atoms with Crippen LogP contribution in [0.1, 0.15) is 16.1 Å². The molecule has 1 aromatic carbocycles. The van der Waals surface area contributed by atoms with Gasteiger partial charge in [0.1, 0.15) is 5.69 Å². The number of nitrogens with zero attached hydrogens (tertiary/aromatic N) is 2. The average Bonchev–Trinajstić information content (AvgIpc) is 2.70. The van der Waals surface area contributed by atoms with Crippen LogP contribution in [0.25, 0.3) is 0 Å². The Kier molecular flexibility index (Phi) is 3.50. The molecule has 2 rings (SSSR count). The van der Waals surface area contributed by atoms with Crippen LogP contribution in [0.15, 0.2) is 30.7 Å². The third-order valence-corrected chi connectivity index (χ3v) is 3.10. The minimum absolute atomic E-state index is 0.0967. The highest BCUT2D eigenvalue weighted by molar-refractivity contribution is 6.36. The molecule has 0 aliphatic carbocycles. The average molecular weight is 269 g/mol. The molecule has 5 heteroatoms. The van der Waals surface area contributed by atoms with E-state index in [2.05, 4.69) is 4.98 Å². The lowest BCUT2D eigenvalue weighted by atomic mass is 10.1. The first-order valence-corrected chi connectivity index (χ1v) is 5.77. The molecule has 1 heterocycles. The summed E-state index contributed by atoms with van der Waals surface area (Å²) in [5.41, 5.74) is 1.06. The number of hydrogen-bond donors (Lipinski definition) is 0. The molecule has 2 aromatic rings. The van der Waals surface area contributed by atoms with E-state index in [4.69, 9.17) is 23.2 Å². The van der Waals surface area contributed by atoms with E-state index in [1.165, 1.54) is 0 Å². The normalized spacial score (nSPS) is 10.5. The summed E-state index contributed by atoms with van der Waals surface area (Å²) >= 11 is 12.0. The fourth-order valence-electron chi connectivity index (χ4n) is 1.51. The summed E-state index contributed by atoms with van der Waals surface area (Å²) in [6.45, 7) is 0. The Morgan fingerprint density at radius 1 is 1.35 bits per heavy atom.